The van der Waals surface area contributed by atoms with Crippen molar-refractivity contribution in [2.75, 3.05) is 6.26 Å². The maximum atomic E-state index is 11.8. The van der Waals surface area contributed by atoms with E-state index in [4.69, 9.17) is 6.42 Å². The zero-order chi connectivity index (χ0) is 12.6. The first kappa shape index (κ1) is 11.3. The van der Waals surface area contributed by atoms with Gasteiger partial charge in [0.25, 0.3) is 0 Å². The van der Waals surface area contributed by atoms with Crippen molar-refractivity contribution in [2.24, 2.45) is 0 Å². The molecule has 0 aliphatic heterocycles. The highest BCUT2D eigenvalue weighted by molar-refractivity contribution is 7.90. The number of hydrogen-bond donors (Lipinski definition) is 0. The van der Waals surface area contributed by atoms with Gasteiger partial charge in [-0.1, -0.05) is 11.1 Å². The van der Waals surface area contributed by atoms with E-state index in [1.165, 1.54) is 0 Å². The molecule has 0 bridgehead atoms. The van der Waals surface area contributed by atoms with Crippen molar-refractivity contribution in [3.63, 3.8) is 0 Å². The molecule has 0 atom stereocenters. The Morgan fingerprint density at radius 1 is 1.53 bits per heavy atom. The highest BCUT2D eigenvalue weighted by Crippen LogP contribution is 2.09. The van der Waals surface area contributed by atoms with Crippen molar-refractivity contribution in [1.82, 2.24) is 24.4 Å². The molecule has 17 heavy (non-hydrogen) atoms. The quantitative estimate of drug-likeness (QED) is 0.593. The molecule has 0 aliphatic carbocycles. The van der Waals surface area contributed by atoms with E-state index in [2.05, 4.69) is 21.2 Å². The molecule has 0 N–H and O–H groups in total. The molecule has 0 saturated heterocycles. The van der Waals surface area contributed by atoms with E-state index in [1.54, 1.807) is 0 Å². The van der Waals surface area contributed by atoms with E-state index in [0.29, 0.717) is 0 Å². The van der Waals surface area contributed by atoms with Gasteiger partial charge < -0.3 is 0 Å². The lowest BCUT2D eigenvalue weighted by molar-refractivity contribution is 0.573. The molecule has 8 nitrogen and oxygen atoms in total. The summed E-state index contributed by atoms with van der Waals surface area (Å²) in [5.74, 6) is 2.24. The average Bonchev–Trinajstić information content (AvgIpc) is 2.66. The predicted molar refractivity (Wildman–Crippen MR) is 57.0 cm³/mol. The number of fused-ring (bicyclic) bond motifs is 1. The Kier molecular flexibility index (Phi) is 2.44. The summed E-state index contributed by atoms with van der Waals surface area (Å²) in [4.78, 5) is 15.4. The van der Waals surface area contributed by atoms with E-state index in [9.17, 15) is 13.2 Å². The Morgan fingerprint density at radius 3 is 2.82 bits per heavy atom. The number of terminal acetylenes is 1. The number of aromatic nitrogens is 5. The Bertz CT molecular complexity index is 780. The molecule has 2 rings (SSSR count). The number of imidazole rings is 1. The second-order valence-electron chi connectivity index (χ2n) is 3.25. The third kappa shape index (κ3) is 1.78. The molecular formula is C8H7N5O3S. The van der Waals surface area contributed by atoms with E-state index < -0.39 is 15.5 Å². The number of hydrogen-bond acceptors (Lipinski definition) is 6. The minimum Gasteiger partial charge on any atom is -0.245 e. The van der Waals surface area contributed by atoms with E-state index >= 15 is 0 Å². The standard InChI is InChI=1S/C8H7N5O3S/c1-3-4-13-8(14)12-5-9-7(17(2,15)16)6(12)10-11-13/h1,5H,4H2,2H3. The van der Waals surface area contributed by atoms with Crippen molar-refractivity contribution in [2.45, 2.75) is 11.6 Å². The van der Waals surface area contributed by atoms with E-state index in [0.717, 1.165) is 21.7 Å². The van der Waals surface area contributed by atoms with Crippen molar-refractivity contribution in [3.05, 3.63) is 16.8 Å². The lowest BCUT2D eigenvalue weighted by Gasteiger charge is -1.98. The van der Waals surface area contributed by atoms with Gasteiger partial charge in [-0.2, -0.15) is 4.68 Å². The molecule has 9 heteroatoms. The molecule has 0 unspecified atom stereocenters. The molecule has 2 heterocycles. The van der Waals surface area contributed by atoms with Crippen molar-refractivity contribution >= 4 is 15.5 Å². The van der Waals surface area contributed by atoms with Gasteiger partial charge in [0, 0.05) is 6.26 Å². The van der Waals surface area contributed by atoms with Gasteiger partial charge in [0.15, 0.2) is 9.84 Å². The Labute approximate surface area is 95.8 Å². The second kappa shape index (κ2) is 3.67. The molecule has 0 aromatic carbocycles. The normalized spacial score (nSPS) is 11.5. The smallest absolute Gasteiger partial charge is 0.245 e. The van der Waals surface area contributed by atoms with Crippen LogP contribution in [0.1, 0.15) is 0 Å². The maximum absolute atomic E-state index is 11.8. The third-order valence-corrected chi connectivity index (χ3v) is 2.97. The summed E-state index contributed by atoms with van der Waals surface area (Å²) in [6, 6.07) is 0. The summed E-state index contributed by atoms with van der Waals surface area (Å²) in [5.41, 5.74) is -0.693. The van der Waals surface area contributed by atoms with Crippen LogP contribution in [0.15, 0.2) is 16.1 Å². The Hall–Kier alpha value is -2.21. The highest BCUT2D eigenvalue weighted by Gasteiger charge is 2.18. The van der Waals surface area contributed by atoms with Crippen LogP contribution in [-0.2, 0) is 16.4 Å². The molecule has 0 radical (unpaired) electrons. The molecule has 88 valence electrons. The largest absolute Gasteiger partial charge is 0.353 e. The summed E-state index contributed by atoms with van der Waals surface area (Å²) >= 11 is 0. The first-order valence-corrected chi connectivity index (χ1v) is 6.28. The molecular weight excluding hydrogens is 246 g/mol. The predicted octanol–water partition coefficient (Wildman–Crippen LogP) is -1.68. The number of sulfone groups is 1. The van der Waals surface area contributed by atoms with Crippen molar-refractivity contribution in [1.29, 1.82) is 0 Å². The van der Waals surface area contributed by atoms with Gasteiger partial charge in [-0.15, -0.1) is 11.5 Å². The fourth-order valence-corrected chi connectivity index (χ4v) is 1.97. The summed E-state index contributed by atoms with van der Waals surface area (Å²) in [7, 11) is -3.55. The zero-order valence-electron chi connectivity index (χ0n) is 8.73. The average molecular weight is 253 g/mol. The highest BCUT2D eigenvalue weighted by atomic mass is 32.2. The van der Waals surface area contributed by atoms with Crippen LogP contribution in [0.2, 0.25) is 0 Å². The third-order valence-electron chi connectivity index (χ3n) is 1.98. The Morgan fingerprint density at radius 2 is 2.24 bits per heavy atom. The van der Waals surface area contributed by atoms with Crippen LogP contribution in [0.3, 0.4) is 0 Å². The summed E-state index contributed by atoms with van der Waals surface area (Å²) < 4.78 is 24.6. The van der Waals surface area contributed by atoms with Crippen molar-refractivity contribution < 1.29 is 8.42 Å². The lowest BCUT2D eigenvalue weighted by atomic mass is 10.7. The first-order valence-electron chi connectivity index (χ1n) is 4.39. The number of rotatable bonds is 2. The molecule has 0 aliphatic rings. The van der Waals surface area contributed by atoms with E-state index in [1.807, 2.05) is 0 Å². The lowest BCUT2D eigenvalue weighted by Crippen LogP contribution is -2.29. The van der Waals surface area contributed by atoms with Crippen LogP contribution in [-0.4, -0.2) is 39.1 Å². The van der Waals surface area contributed by atoms with Crippen LogP contribution in [0.4, 0.5) is 0 Å². The van der Waals surface area contributed by atoms with Gasteiger partial charge >= 0.3 is 5.69 Å². The minimum absolute atomic E-state index is 0.0475. The SMILES string of the molecule is C#CCn1nnc2c(S(C)(=O)=O)ncn2c1=O. The van der Waals surface area contributed by atoms with Gasteiger partial charge in [-0.25, -0.2) is 22.6 Å². The van der Waals surface area contributed by atoms with Gasteiger partial charge in [-0.05, 0) is 0 Å². The van der Waals surface area contributed by atoms with Crippen molar-refractivity contribution in [3.8, 4) is 12.3 Å². The summed E-state index contributed by atoms with van der Waals surface area (Å²) in [5, 5.41) is 6.87. The van der Waals surface area contributed by atoms with Crippen LogP contribution in [0, 0.1) is 12.3 Å². The van der Waals surface area contributed by atoms with Crippen LogP contribution < -0.4 is 5.69 Å². The topological polar surface area (TPSA) is 99.2 Å². The van der Waals surface area contributed by atoms with Gasteiger partial charge in [0.05, 0.1) is 0 Å². The van der Waals surface area contributed by atoms with Crippen LogP contribution >= 0.6 is 0 Å². The fraction of sp³-hybridized carbons (Fsp3) is 0.250. The second-order valence-corrected chi connectivity index (χ2v) is 5.18. The zero-order valence-corrected chi connectivity index (χ0v) is 9.55. The molecule has 0 amide bonds. The van der Waals surface area contributed by atoms with Gasteiger partial charge in [-0.3, -0.25) is 0 Å². The Balaban J connectivity index is 2.81. The molecule has 0 fully saturated rings. The van der Waals surface area contributed by atoms with Crippen LogP contribution in [0.5, 0.6) is 0 Å². The van der Waals surface area contributed by atoms with E-state index in [-0.39, 0.29) is 17.2 Å². The van der Waals surface area contributed by atoms with Gasteiger partial charge in [0.1, 0.15) is 12.9 Å². The van der Waals surface area contributed by atoms with Gasteiger partial charge in [0.2, 0.25) is 10.7 Å². The molecule has 2 aromatic heterocycles. The first-order chi connectivity index (χ1) is 7.95. The maximum Gasteiger partial charge on any atom is 0.353 e. The summed E-state index contributed by atoms with van der Waals surface area (Å²) in [6.45, 7) is -0.0475. The minimum atomic E-state index is -3.55. The monoisotopic (exact) mass is 253 g/mol. The molecule has 2 aromatic rings. The fourth-order valence-electron chi connectivity index (χ4n) is 1.26. The summed E-state index contributed by atoms with van der Waals surface area (Å²) in [6.07, 6.45) is 7.10. The number of nitrogens with zero attached hydrogens (tertiary/aromatic N) is 5. The molecule has 0 spiro atoms. The van der Waals surface area contributed by atoms with Crippen LogP contribution in [0.25, 0.3) is 5.65 Å². The molecule has 0 saturated carbocycles.